The minimum absolute atomic E-state index is 0.637. The largest absolute Gasteiger partial charge is 0.292 e. The molecule has 88 heavy (non-hydrogen) atoms. The van der Waals surface area contributed by atoms with Crippen LogP contribution < -0.4 is 0 Å². The van der Waals surface area contributed by atoms with Crippen molar-refractivity contribution < 1.29 is 0 Å². The van der Waals surface area contributed by atoms with Crippen LogP contribution in [0, 0.1) is 0 Å². The topological polar surface area (TPSA) is 61.4 Å². The minimum Gasteiger partial charge on any atom is -0.292 e. The molecule has 0 fully saturated rings. The molecule has 0 aliphatic rings. The van der Waals surface area contributed by atoms with E-state index in [1.165, 1.54) is 16.7 Å². The Balaban J connectivity index is 0.836. The number of benzene rings is 13. The van der Waals surface area contributed by atoms with Crippen molar-refractivity contribution in [2.45, 2.75) is 0 Å². The number of rotatable bonds is 12. The van der Waals surface area contributed by atoms with Crippen molar-refractivity contribution in [2.75, 3.05) is 0 Å². The van der Waals surface area contributed by atoms with E-state index in [0.29, 0.717) is 5.82 Å². The lowest BCUT2D eigenvalue weighted by Crippen LogP contribution is -1.98. The minimum atomic E-state index is 0.637. The smallest absolute Gasteiger partial charge is 0.160 e. The van der Waals surface area contributed by atoms with Crippen molar-refractivity contribution in [3.63, 3.8) is 0 Å². The summed E-state index contributed by atoms with van der Waals surface area (Å²) in [7, 11) is 0. The van der Waals surface area contributed by atoms with Crippen LogP contribution in [0.1, 0.15) is 0 Å². The first-order valence-corrected chi connectivity index (χ1v) is 29.8. The van der Waals surface area contributed by atoms with Gasteiger partial charge in [-0.15, -0.1) is 0 Å². The molecule has 3 heterocycles. The summed E-state index contributed by atoms with van der Waals surface area (Å²) in [6, 6.07) is 116. The van der Waals surface area contributed by atoms with Crippen LogP contribution in [-0.2, 0) is 0 Å². The molecule has 0 bridgehead atoms. The van der Waals surface area contributed by atoms with Crippen molar-refractivity contribution in [1.82, 2.24) is 29.1 Å². The molecular weight excluding hydrogens is 1070 g/mol. The summed E-state index contributed by atoms with van der Waals surface area (Å²) >= 11 is 0. The lowest BCUT2D eigenvalue weighted by atomic mass is 9.92. The third-order valence-electron chi connectivity index (χ3n) is 16.8. The molecule has 16 rings (SSSR count). The predicted molar refractivity (Wildman–Crippen MR) is 363 cm³/mol. The number of imidazole rings is 2. The van der Waals surface area contributed by atoms with Gasteiger partial charge in [0.1, 0.15) is 11.6 Å². The maximum Gasteiger partial charge on any atom is 0.160 e. The number of nitrogens with zero attached hydrogens (tertiary/aromatic N) is 6. The van der Waals surface area contributed by atoms with Gasteiger partial charge >= 0.3 is 0 Å². The SMILES string of the molecule is c1ccc(-c2ccc(-c3cc(-c4ccc(-c5ccccc5)cc4)c4nc(-c5ccc(-c6ccc7c(c6)nc(-c6ccccc6)n7-c6ccccc6)cc5)nc(-c5ccc(-c6ccc7c(c6)nc(-c6ccccc6)n7-c6ccccc6)cc5)c4c3)cc2)cc1. The average Bonchev–Trinajstić information content (AvgIpc) is 1.42. The van der Waals surface area contributed by atoms with E-state index < -0.39 is 0 Å². The number of aromatic nitrogens is 6. The van der Waals surface area contributed by atoms with Crippen LogP contribution in [0.25, 0.3) is 157 Å². The standard InChI is InChI=1S/C82H54N6/c1-7-19-55(20-8-1)57-31-33-61(34-32-57)69-51-72(62-41-35-58(36-42-62)56-21-9-2-10-22-56)79-73(52-69)78(63-43-37-59(38-44-63)67-47-49-76-74(53-67)83-81(65-23-11-3-12-24-65)87(76)70-27-15-5-16-28-70)85-80(86-79)64-45-39-60(40-46-64)68-48-50-77-75(54-68)84-82(66-25-13-4-14-26-66)88(77)71-29-17-6-18-30-71/h1-54H. The summed E-state index contributed by atoms with van der Waals surface area (Å²) in [5, 5.41) is 0.958. The molecule has 16 aromatic rings. The molecule has 0 saturated carbocycles. The maximum atomic E-state index is 5.61. The second-order valence-electron chi connectivity index (χ2n) is 22.2. The molecule has 0 amide bonds. The molecule has 0 spiro atoms. The Morgan fingerprint density at radius 3 is 0.977 bits per heavy atom. The number of fused-ring (bicyclic) bond motifs is 3. The van der Waals surface area contributed by atoms with E-state index in [1.807, 2.05) is 18.2 Å². The summed E-state index contributed by atoms with van der Waals surface area (Å²) < 4.78 is 4.50. The fourth-order valence-corrected chi connectivity index (χ4v) is 12.3. The molecule has 6 nitrogen and oxygen atoms in total. The Bertz CT molecular complexity index is 5160. The zero-order chi connectivity index (χ0) is 58.3. The van der Waals surface area contributed by atoms with Gasteiger partial charge in [0.05, 0.1) is 33.3 Å². The molecule has 0 aliphatic heterocycles. The Labute approximate surface area is 510 Å². The van der Waals surface area contributed by atoms with Gasteiger partial charge in [0.2, 0.25) is 0 Å². The summed E-state index contributed by atoms with van der Waals surface area (Å²) in [6.45, 7) is 0. The third kappa shape index (κ3) is 9.71. The van der Waals surface area contributed by atoms with Crippen molar-refractivity contribution in [3.05, 3.63) is 328 Å². The zero-order valence-electron chi connectivity index (χ0n) is 47.9. The number of hydrogen-bond acceptors (Lipinski definition) is 4. The third-order valence-corrected chi connectivity index (χ3v) is 16.8. The van der Waals surface area contributed by atoms with Crippen molar-refractivity contribution in [1.29, 1.82) is 0 Å². The Hall–Kier alpha value is -11.9. The normalized spacial score (nSPS) is 11.4. The van der Waals surface area contributed by atoms with Crippen molar-refractivity contribution in [3.8, 4) is 124 Å². The lowest BCUT2D eigenvalue weighted by molar-refractivity contribution is 1.10. The monoisotopic (exact) mass is 1120 g/mol. The van der Waals surface area contributed by atoms with Gasteiger partial charge in [0.25, 0.3) is 0 Å². The Morgan fingerprint density at radius 2 is 0.545 bits per heavy atom. The first-order valence-electron chi connectivity index (χ1n) is 29.8. The summed E-state index contributed by atoms with van der Waals surface area (Å²) in [5.41, 5.74) is 25.0. The molecular formula is C82H54N6. The number of para-hydroxylation sites is 2. The summed E-state index contributed by atoms with van der Waals surface area (Å²) in [5.74, 6) is 2.44. The maximum absolute atomic E-state index is 5.61. The van der Waals surface area contributed by atoms with Crippen LogP contribution in [0.15, 0.2) is 328 Å². The van der Waals surface area contributed by atoms with Gasteiger partial charge in [-0.05, 0) is 122 Å². The molecule has 0 saturated heterocycles. The fraction of sp³-hybridized carbons (Fsp3) is 0. The molecule has 0 N–H and O–H groups in total. The van der Waals surface area contributed by atoms with E-state index in [1.54, 1.807) is 0 Å². The van der Waals surface area contributed by atoms with Gasteiger partial charge in [0.15, 0.2) is 5.82 Å². The van der Waals surface area contributed by atoms with Crippen LogP contribution in [0.5, 0.6) is 0 Å². The van der Waals surface area contributed by atoms with E-state index in [9.17, 15) is 0 Å². The van der Waals surface area contributed by atoms with Crippen LogP contribution >= 0.6 is 0 Å². The van der Waals surface area contributed by atoms with Crippen LogP contribution in [0.2, 0.25) is 0 Å². The molecule has 6 heteroatoms. The molecule has 0 radical (unpaired) electrons. The van der Waals surface area contributed by atoms with E-state index in [4.69, 9.17) is 19.9 Å². The van der Waals surface area contributed by atoms with E-state index in [-0.39, 0.29) is 0 Å². The number of hydrogen-bond donors (Lipinski definition) is 0. The van der Waals surface area contributed by atoms with Gasteiger partial charge in [-0.1, -0.05) is 267 Å². The fourth-order valence-electron chi connectivity index (χ4n) is 12.3. The lowest BCUT2D eigenvalue weighted by Gasteiger charge is -2.16. The average molecular weight is 1120 g/mol. The van der Waals surface area contributed by atoms with Gasteiger partial charge in [-0.3, -0.25) is 9.13 Å². The van der Waals surface area contributed by atoms with Gasteiger partial charge in [-0.2, -0.15) is 0 Å². The van der Waals surface area contributed by atoms with Gasteiger partial charge in [-0.25, -0.2) is 19.9 Å². The highest BCUT2D eigenvalue weighted by atomic mass is 15.1. The van der Waals surface area contributed by atoms with E-state index in [2.05, 4.69) is 319 Å². The van der Waals surface area contributed by atoms with Crippen LogP contribution in [0.4, 0.5) is 0 Å². The second kappa shape index (κ2) is 22.3. The van der Waals surface area contributed by atoms with E-state index >= 15 is 0 Å². The molecule has 13 aromatic carbocycles. The van der Waals surface area contributed by atoms with Crippen LogP contribution in [0.3, 0.4) is 0 Å². The molecule has 0 unspecified atom stereocenters. The highest BCUT2D eigenvalue weighted by Crippen LogP contribution is 2.42. The Kier molecular flexibility index (Phi) is 13.1. The summed E-state index contributed by atoms with van der Waals surface area (Å²) in [6.07, 6.45) is 0. The Morgan fingerprint density at radius 1 is 0.216 bits per heavy atom. The van der Waals surface area contributed by atoms with Crippen molar-refractivity contribution >= 4 is 33.0 Å². The zero-order valence-corrected chi connectivity index (χ0v) is 47.9. The molecule has 3 aromatic heterocycles. The highest BCUT2D eigenvalue weighted by Gasteiger charge is 2.21. The van der Waals surface area contributed by atoms with E-state index in [0.717, 1.165) is 134 Å². The highest BCUT2D eigenvalue weighted by molar-refractivity contribution is 6.05. The van der Waals surface area contributed by atoms with Gasteiger partial charge in [0, 0.05) is 44.6 Å². The van der Waals surface area contributed by atoms with Crippen molar-refractivity contribution in [2.24, 2.45) is 0 Å². The van der Waals surface area contributed by atoms with Gasteiger partial charge < -0.3 is 0 Å². The first kappa shape index (κ1) is 51.8. The van der Waals surface area contributed by atoms with Crippen LogP contribution in [-0.4, -0.2) is 29.1 Å². The molecule has 0 atom stereocenters. The first-order chi connectivity index (χ1) is 43.6. The summed E-state index contributed by atoms with van der Waals surface area (Å²) in [4.78, 5) is 21.8. The quantitative estimate of drug-likeness (QED) is 0.122. The molecule has 0 aliphatic carbocycles. The second-order valence-corrected chi connectivity index (χ2v) is 22.2. The predicted octanol–water partition coefficient (Wildman–Crippen LogP) is 21.0. The molecule has 412 valence electrons.